The van der Waals surface area contributed by atoms with Gasteiger partial charge in [0.15, 0.2) is 17.0 Å². The van der Waals surface area contributed by atoms with E-state index in [0.29, 0.717) is 0 Å². The van der Waals surface area contributed by atoms with E-state index in [1.54, 1.807) is 0 Å². The topological polar surface area (TPSA) is 57.2 Å². The summed E-state index contributed by atoms with van der Waals surface area (Å²) in [5.41, 5.74) is 4.71. The molecule has 0 aliphatic carbocycles. The first kappa shape index (κ1) is 12.8. The van der Waals surface area contributed by atoms with Crippen LogP contribution in [0.5, 0.6) is 5.75 Å². The summed E-state index contributed by atoms with van der Waals surface area (Å²) in [6, 6.07) is -0.700. The lowest BCUT2D eigenvalue weighted by atomic mass is 10.1. The molecule has 0 saturated heterocycles. The Labute approximate surface area is 111 Å². The monoisotopic (exact) mass is 284 g/mol. The highest BCUT2D eigenvalue weighted by Gasteiger charge is 2.30. The molecule has 0 radical (unpaired) electrons. The van der Waals surface area contributed by atoms with Gasteiger partial charge in [-0.15, -0.1) is 0 Å². The average molecular weight is 284 g/mol. The maximum absolute atomic E-state index is 13.9. The van der Waals surface area contributed by atoms with Crippen LogP contribution in [0.25, 0.3) is 10.9 Å². The van der Waals surface area contributed by atoms with Gasteiger partial charge in [0.1, 0.15) is 18.8 Å². The zero-order chi connectivity index (χ0) is 14.6. The predicted octanol–water partition coefficient (Wildman–Crippen LogP) is 2.07. The van der Waals surface area contributed by atoms with Gasteiger partial charge in [0.05, 0.1) is 17.1 Å². The number of hydrogen-bond acceptors (Lipinski definition) is 3. The molecule has 0 saturated carbocycles. The lowest BCUT2D eigenvalue weighted by Gasteiger charge is -2.28. The molecule has 2 heterocycles. The van der Waals surface area contributed by atoms with Crippen LogP contribution in [0.15, 0.2) is 11.0 Å². The van der Waals surface area contributed by atoms with Crippen LogP contribution in [0.4, 0.5) is 18.9 Å². The van der Waals surface area contributed by atoms with Gasteiger partial charge < -0.3 is 15.0 Å². The largest absolute Gasteiger partial charge is 0.486 e. The summed E-state index contributed by atoms with van der Waals surface area (Å²) in [5, 5.41) is -0.169. The van der Waals surface area contributed by atoms with Crippen LogP contribution in [-0.4, -0.2) is 17.8 Å². The fourth-order valence-electron chi connectivity index (χ4n) is 2.48. The number of pyridine rings is 1. The Balaban J connectivity index is 2.60. The molecule has 3 rings (SSSR count). The molecule has 0 spiro atoms. The van der Waals surface area contributed by atoms with Crippen LogP contribution in [0.3, 0.4) is 0 Å². The van der Waals surface area contributed by atoms with Crippen molar-refractivity contribution in [1.82, 2.24) is 4.57 Å². The first-order valence-electron chi connectivity index (χ1n) is 5.98. The third-order valence-corrected chi connectivity index (χ3v) is 3.52. The van der Waals surface area contributed by atoms with Crippen molar-refractivity contribution in [2.45, 2.75) is 13.0 Å². The van der Waals surface area contributed by atoms with E-state index in [-0.39, 0.29) is 23.1 Å². The second kappa shape index (κ2) is 4.16. The molecule has 1 aliphatic heterocycles. The first-order valence-corrected chi connectivity index (χ1v) is 5.98. The number of ether oxygens (including phenoxy) is 1. The van der Waals surface area contributed by atoms with Gasteiger partial charge in [-0.1, -0.05) is 0 Å². The van der Waals surface area contributed by atoms with Gasteiger partial charge in [0, 0.05) is 11.8 Å². The molecular weight excluding hydrogens is 273 g/mol. The smallest absolute Gasteiger partial charge is 0.205 e. The number of anilines is 1. The number of aromatic nitrogens is 1. The molecule has 1 aliphatic rings. The highest BCUT2D eigenvalue weighted by atomic mass is 19.2. The lowest BCUT2D eigenvalue weighted by molar-refractivity contribution is 0.197. The number of nitrogens with two attached hydrogens (primary N) is 1. The summed E-state index contributed by atoms with van der Waals surface area (Å²) in [6.07, 6.45) is 1.41. The zero-order valence-corrected chi connectivity index (χ0v) is 10.5. The molecule has 1 aromatic heterocycles. The van der Waals surface area contributed by atoms with Gasteiger partial charge in [-0.2, -0.15) is 4.39 Å². The van der Waals surface area contributed by atoms with Gasteiger partial charge in [0.2, 0.25) is 5.82 Å². The van der Waals surface area contributed by atoms with Gasteiger partial charge in [-0.3, -0.25) is 4.79 Å². The normalized spacial score (nSPS) is 17.3. The summed E-state index contributed by atoms with van der Waals surface area (Å²) in [6.45, 7) is 0.618. The quantitative estimate of drug-likeness (QED) is 0.816. The molecule has 106 valence electrons. The molecule has 0 bridgehead atoms. The number of nitrogens with zero attached hydrogens (tertiary/aromatic N) is 1. The number of aryl methyl sites for hydroxylation is 1. The highest BCUT2D eigenvalue weighted by molar-refractivity contribution is 5.96. The van der Waals surface area contributed by atoms with E-state index in [4.69, 9.17) is 10.5 Å². The first-order chi connectivity index (χ1) is 9.47. The number of rotatable bonds is 1. The molecule has 1 aromatic carbocycles. The van der Waals surface area contributed by atoms with Crippen LogP contribution >= 0.6 is 0 Å². The second-order valence-electron chi connectivity index (χ2n) is 4.76. The summed E-state index contributed by atoms with van der Waals surface area (Å²) in [4.78, 5) is 12.1. The van der Waals surface area contributed by atoms with Crippen molar-refractivity contribution in [3.63, 3.8) is 0 Å². The fourth-order valence-corrected chi connectivity index (χ4v) is 2.48. The average Bonchev–Trinajstić information content (AvgIpc) is 2.44. The Morgan fingerprint density at radius 2 is 2.15 bits per heavy atom. The minimum Gasteiger partial charge on any atom is -0.486 e. The number of benzene rings is 1. The Morgan fingerprint density at radius 3 is 2.80 bits per heavy atom. The Hall–Kier alpha value is -2.18. The molecular formula is C13H11F3N2O2. The number of hydrogen-bond donors (Lipinski definition) is 1. The van der Waals surface area contributed by atoms with E-state index in [1.165, 1.54) is 17.7 Å². The Bertz CT molecular complexity index is 786. The SMILES string of the molecule is Cc1cn2c3c(c(F)c(F)c(N)c3c1=O)OC[C@@H]2CF. The van der Waals surface area contributed by atoms with E-state index >= 15 is 0 Å². The number of nitrogen functional groups attached to an aromatic ring is 1. The van der Waals surface area contributed by atoms with Gasteiger partial charge in [-0.05, 0) is 6.92 Å². The van der Waals surface area contributed by atoms with E-state index in [0.717, 1.165) is 0 Å². The summed E-state index contributed by atoms with van der Waals surface area (Å²) < 4.78 is 47.2. The van der Waals surface area contributed by atoms with E-state index in [2.05, 4.69) is 0 Å². The van der Waals surface area contributed by atoms with Crippen molar-refractivity contribution >= 4 is 16.6 Å². The molecule has 0 unspecified atom stereocenters. The standard InChI is InChI=1S/C13H11F3N2O2/c1-5-3-18-6(2-14)4-20-13-9(16)8(15)10(17)7(11(13)18)12(5)19/h3,6H,2,4,17H2,1H3/t6-/m0/s1. The number of alkyl halides is 1. The summed E-state index contributed by atoms with van der Waals surface area (Å²) in [5.74, 6) is -2.97. The lowest BCUT2D eigenvalue weighted by Crippen LogP contribution is -2.28. The summed E-state index contributed by atoms with van der Waals surface area (Å²) in [7, 11) is 0. The van der Waals surface area contributed by atoms with Gasteiger partial charge >= 0.3 is 0 Å². The molecule has 4 nitrogen and oxygen atoms in total. The van der Waals surface area contributed by atoms with E-state index < -0.39 is 41.2 Å². The maximum atomic E-state index is 13.9. The fraction of sp³-hybridized carbons (Fsp3) is 0.308. The van der Waals surface area contributed by atoms with Crippen molar-refractivity contribution < 1.29 is 17.9 Å². The van der Waals surface area contributed by atoms with Gasteiger partial charge in [0.25, 0.3) is 0 Å². The summed E-state index contributed by atoms with van der Waals surface area (Å²) >= 11 is 0. The van der Waals surface area contributed by atoms with E-state index in [1.807, 2.05) is 0 Å². The minimum atomic E-state index is -1.32. The van der Waals surface area contributed by atoms with Crippen LogP contribution < -0.4 is 15.9 Å². The van der Waals surface area contributed by atoms with Crippen LogP contribution in [-0.2, 0) is 0 Å². The molecule has 7 heteroatoms. The Kier molecular flexibility index (Phi) is 2.67. The van der Waals surface area contributed by atoms with Crippen molar-refractivity contribution in [1.29, 1.82) is 0 Å². The second-order valence-corrected chi connectivity index (χ2v) is 4.76. The Morgan fingerprint density at radius 1 is 1.45 bits per heavy atom. The van der Waals surface area contributed by atoms with Crippen LogP contribution in [0, 0.1) is 18.6 Å². The number of halogens is 3. The van der Waals surface area contributed by atoms with Crippen molar-refractivity contribution in [3.05, 3.63) is 33.6 Å². The molecule has 0 amide bonds. The highest BCUT2D eigenvalue weighted by Crippen LogP contribution is 2.38. The molecule has 2 aromatic rings. The third-order valence-electron chi connectivity index (χ3n) is 3.52. The van der Waals surface area contributed by atoms with Crippen LogP contribution in [0.1, 0.15) is 11.6 Å². The molecule has 2 N–H and O–H groups in total. The molecule has 1 atom stereocenters. The molecule has 20 heavy (non-hydrogen) atoms. The van der Waals surface area contributed by atoms with Crippen molar-refractivity contribution in [2.75, 3.05) is 19.0 Å². The van der Waals surface area contributed by atoms with Gasteiger partial charge in [-0.25, -0.2) is 8.78 Å². The predicted molar refractivity (Wildman–Crippen MR) is 67.8 cm³/mol. The van der Waals surface area contributed by atoms with E-state index in [9.17, 15) is 18.0 Å². The zero-order valence-electron chi connectivity index (χ0n) is 10.5. The third kappa shape index (κ3) is 1.46. The van der Waals surface area contributed by atoms with Crippen LogP contribution in [0.2, 0.25) is 0 Å². The molecule has 0 fully saturated rings. The maximum Gasteiger partial charge on any atom is 0.205 e. The van der Waals surface area contributed by atoms with Crippen molar-refractivity contribution in [2.24, 2.45) is 0 Å². The minimum absolute atomic E-state index is 0.00546. The van der Waals surface area contributed by atoms with Crippen molar-refractivity contribution in [3.8, 4) is 5.75 Å².